The van der Waals surface area contributed by atoms with Crippen LogP contribution in [-0.4, -0.2) is 24.3 Å². The zero-order valence-electron chi connectivity index (χ0n) is 9.49. The molecule has 0 spiro atoms. The van der Waals surface area contributed by atoms with Crippen molar-refractivity contribution in [3.8, 4) is 0 Å². The van der Waals surface area contributed by atoms with Gasteiger partial charge >= 0.3 is 5.97 Å². The molecule has 0 saturated carbocycles. The first-order chi connectivity index (χ1) is 8.10. The van der Waals surface area contributed by atoms with Gasteiger partial charge in [-0.2, -0.15) is 0 Å². The van der Waals surface area contributed by atoms with Crippen LogP contribution in [0.15, 0.2) is 24.3 Å². The summed E-state index contributed by atoms with van der Waals surface area (Å²) >= 11 is 0. The minimum absolute atomic E-state index is 0.0687. The number of hydrogen-bond donors (Lipinski definition) is 1. The average molecular weight is 238 g/mol. The van der Waals surface area contributed by atoms with Crippen LogP contribution in [0.2, 0.25) is 0 Å². The second-order valence-electron chi connectivity index (χ2n) is 4.36. The van der Waals surface area contributed by atoms with Crippen molar-refractivity contribution in [2.75, 3.05) is 13.2 Å². The van der Waals surface area contributed by atoms with E-state index in [2.05, 4.69) is 0 Å². The van der Waals surface area contributed by atoms with E-state index in [0.717, 1.165) is 5.56 Å². The Morgan fingerprint density at radius 1 is 1.53 bits per heavy atom. The second-order valence-corrected chi connectivity index (χ2v) is 4.36. The Labute approximate surface area is 99.2 Å². The minimum Gasteiger partial charge on any atom is -0.481 e. The van der Waals surface area contributed by atoms with Crippen molar-refractivity contribution in [1.82, 2.24) is 0 Å². The Morgan fingerprint density at radius 3 is 3.00 bits per heavy atom. The Bertz CT molecular complexity index is 411. The molecule has 1 atom stereocenters. The molecule has 1 aliphatic rings. The summed E-state index contributed by atoms with van der Waals surface area (Å²) in [5.74, 6) is -0.838. The molecule has 0 aliphatic carbocycles. The fourth-order valence-corrected chi connectivity index (χ4v) is 2.02. The molecule has 2 rings (SSSR count). The molecule has 1 heterocycles. The van der Waals surface area contributed by atoms with E-state index in [1.165, 1.54) is 0 Å². The highest BCUT2D eigenvalue weighted by Gasteiger charge is 2.36. The van der Waals surface area contributed by atoms with Gasteiger partial charge in [-0.3, -0.25) is 4.79 Å². The molecule has 0 amide bonds. The fourth-order valence-electron chi connectivity index (χ4n) is 2.02. The molecule has 3 nitrogen and oxygen atoms in total. The van der Waals surface area contributed by atoms with E-state index in [4.69, 9.17) is 9.84 Å². The van der Waals surface area contributed by atoms with Crippen molar-refractivity contribution >= 4 is 5.97 Å². The summed E-state index contributed by atoms with van der Waals surface area (Å²) in [4.78, 5) is 10.5. The average Bonchev–Trinajstić information content (AvgIpc) is 2.75. The van der Waals surface area contributed by atoms with E-state index in [-0.39, 0.29) is 13.0 Å². The number of hydrogen-bond acceptors (Lipinski definition) is 2. The van der Waals surface area contributed by atoms with Crippen LogP contribution in [-0.2, 0) is 21.6 Å². The number of carboxylic acid groups (broad SMARTS) is 1. The number of halogens is 1. The molecular formula is C13H15FO3. The molecule has 0 radical (unpaired) electrons. The molecule has 0 aromatic heterocycles. The molecule has 1 unspecified atom stereocenters. The van der Waals surface area contributed by atoms with Crippen LogP contribution >= 0.6 is 0 Å². The Morgan fingerprint density at radius 2 is 2.35 bits per heavy atom. The van der Waals surface area contributed by atoms with Gasteiger partial charge in [-0.15, -0.1) is 0 Å². The third-order valence-corrected chi connectivity index (χ3v) is 3.05. The highest BCUT2D eigenvalue weighted by Crippen LogP contribution is 2.34. The summed E-state index contributed by atoms with van der Waals surface area (Å²) in [6.07, 6.45) is 0.870. The van der Waals surface area contributed by atoms with Crippen molar-refractivity contribution in [2.45, 2.75) is 24.9 Å². The molecule has 1 N–H and O–H groups in total. The first-order valence-corrected chi connectivity index (χ1v) is 5.68. The van der Waals surface area contributed by atoms with Crippen LogP contribution in [0.1, 0.15) is 24.0 Å². The summed E-state index contributed by atoms with van der Waals surface area (Å²) in [7, 11) is 0. The van der Waals surface area contributed by atoms with Gasteiger partial charge in [0.1, 0.15) is 0 Å². The molecule has 1 aromatic rings. The Hall–Kier alpha value is -1.42. The van der Waals surface area contributed by atoms with Gasteiger partial charge in [-0.05, 0) is 17.5 Å². The summed E-state index contributed by atoms with van der Waals surface area (Å²) in [6.45, 7) is 0.533. The molecule has 92 valence electrons. The van der Waals surface area contributed by atoms with Gasteiger partial charge in [0.05, 0.1) is 13.2 Å². The van der Waals surface area contributed by atoms with Gasteiger partial charge in [-0.25, -0.2) is 4.39 Å². The number of aliphatic carboxylic acids is 1. The van der Waals surface area contributed by atoms with Gasteiger partial charge in [0.2, 0.25) is 0 Å². The smallest absolute Gasteiger partial charge is 0.303 e. The number of ether oxygens (including phenoxy) is 1. The maximum atomic E-state index is 14.4. The van der Waals surface area contributed by atoms with Crippen molar-refractivity contribution in [3.63, 3.8) is 0 Å². The molecule has 1 aromatic carbocycles. The zero-order chi connectivity index (χ0) is 12.3. The highest BCUT2D eigenvalue weighted by molar-refractivity contribution is 5.67. The van der Waals surface area contributed by atoms with Gasteiger partial charge in [0, 0.05) is 12.8 Å². The Balaban J connectivity index is 2.13. The molecule has 1 saturated heterocycles. The summed E-state index contributed by atoms with van der Waals surface area (Å²) in [5.41, 5.74) is 0.0471. The molecular weight excluding hydrogens is 223 g/mol. The van der Waals surface area contributed by atoms with Crippen LogP contribution in [0.3, 0.4) is 0 Å². The Kier molecular flexibility index (Phi) is 3.43. The van der Waals surface area contributed by atoms with E-state index < -0.39 is 11.6 Å². The largest absolute Gasteiger partial charge is 0.481 e. The molecule has 1 fully saturated rings. The van der Waals surface area contributed by atoms with E-state index >= 15 is 0 Å². The monoisotopic (exact) mass is 238 g/mol. The topological polar surface area (TPSA) is 46.5 Å². The predicted molar refractivity (Wildman–Crippen MR) is 60.6 cm³/mol. The van der Waals surface area contributed by atoms with Gasteiger partial charge in [-0.1, -0.05) is 24.3 Å². The fraction of sp³-hybridized carbons (Fsp3) is 0.462. The second kappa shape index (κ2) is 4.84. The van der Waals surface area contributed by atoms with Crippen LogP contribution < -0.4 is 0 Å². The number of carboxylic acids is 1. The van der Waals surface area contributed by atoms with E-state index in [9.17, 15) is 9.18 Å². The normalized spacial score (nSPS) is 23.8. The lowest BCUT2D eigenvalue weighted by molar-refractivity contribution is -0.136. The van der Waals surface area contributed by atoms with Crippen LogP contribution in [0.4, 0.5) is 4.39 Å². The predicted octanol–water partition coefficient (Wildman–Crippen LogP) is 2.29. The number of benzene rings is 1. The van der Waals surface area contributed by atoms with Crippen molar-refractivity contribution in [1.29, 1.82) is 0 Å². The van der Waals surface area contributed by atoms with Crippen LogP contribution in [0.5, 0.6) is 0 Å². The maximum Gasteiger partial charge on any atom is 0.303 e. The van der Waals surface area contributed by atoms with Crippen LogP contribution in [0, 0.1) is 0 Å². The number of rotatable bonds is 4. The van der Waals surface area contributed by atoms with Gasteiger partial charge < -0.3 is 9.84 Å². The number of aryl methyl sites for hydroxylation is 1. The molecule has 1 aliphatic heterocycles. The number of carbonyl (C=O) groups is 1. The quantitative estimate of drug-likeness (QED) is 0.875. The lowest BCUT2D eigenvalue weighted by Crippen LogP contribution is -2.19. The first-order valence-electron chi connectivity index (χ1n) is 5.68. The van der Waals surface area contributed by atoms with Crippen molar-refractivity contribution in [3.05, 3.63) is 35.4 Å². The number of alkyl halides is 1. The van der Waals surface area contributed by atoms with Crippen LogP contribution in [0.25, 0.3) is 0 Å². The summed E-state index contributed by atoms with van der Waals surface area (Å²) < 4.78 is 19.5. The standard InChI is InChI=1S/C13H15FO3/c14-13(6-7-17-9-13)11-3-1-2-10(8-11)4-5-12(15)16/h1-3,8H,4-7,9H2,(H,15,16). The third-order valence-electron chi connectivity index (χ3n) is 3.05. The van der Waals surface area contributed by atoms with E-state index in [0.29, 0.717) is 25.0 Å². The molecule has 0 bridgehead atoms. The third kappa shape index (κ3) is 2.82. The van der Waals surface area contributed by atoms with Crippen molar-refractivity contribution in [2.24, 2.45) is 0 Å². The lowest BCUT2D eigenvalue weighted by Gasteiger charge is -2.18. The lowest BCUT2D eigenvalue weighted by atomic mass is 9.93. The van der Waals surface area contributed by atoms with Gasteiger partial charge in [0.15, 0.2) is 5.67 Å². The summed E-state index contributed by atoms with van der Waals surface area (Å²) in [6, 6.07) is 7.08. The van der Waals surface area contributed by atoms with Gasteiger partial charge in [0.25, 0.3) is 0 Å². The highest BCUT2D eigenvalue weighted by atomic mass is 19.1. The molecule has 4 heteroatoms. The molecule has 17 heavy (non-hydrogen) atoms. The first kappa shape index (κ1) is 12.0. The summed E-state index contributed by atoms with van der Waals surface area (Å²) in [5, 5.41) is 8.61. The zero-order valence-corrected chi connectivity index (χ0v) is 9.49. The van der Waals surface area contributed by atoms with Crippen molar-refractivity contribution < 1.29 is 19.0 Å². The SMILES string of the molecule is O=C(O)CCc1cccc(C2(F)CCOC2)c1. The minimum atomic E-state index is -1.40. The van der Waals surface area contributed by atoms with E-state index in [1.807, 2.05) is 6.07 Å². The van der Waals surface area contributed by atoms with E-state index in [1.54, 1.807) is 18.2 Å². The maximum absolute atomic E-state index is 14.4.